The maximum absolute atomic E-state index is 11.5. The molecule has 0 aliphatic carbocycles. The lowest BCUT2D eigenvalue weighted by Crippen LogP contribution is -2.42. The summed E-state index contributed by atoms with van der Waals surface area (Å²) in [6, 6.07) is 15.3. The minimum Gasteiger partial charge on any atom is -0.494 e. The van der Waals surface area contributed by atoms with E-state index < -0.39 is 17.1 Å². The number of hydrogen-bond acceptors (Lipinski definition) is 5. The number of hydrogen-bond donors (Lipinski definition) is 1. The van der Waals surface area contributed by atoms with Crippen LogP contribution in [0.15, 0.2) is 52.9 Å². The number of furan rings is 1. The van der Waals surface area contributed by atoms with E-state index in [-0.39, 0.29) is 0 Å². The second kappa shape index (κ2) is 8.30. The van der Waals surface area contributed by atoms with E-state index in [1.807, 2.05) is 83.1 Å². The molecule has 160 valence electrons. The van der Waals surface area contributed by atoms with Gasteiger partial charge in [0.15, 0.2) is 5.60 Å². The van der Waals surface area contributed by atoms with Crippen molar-refractivity contribution in [1.29, 1.82) is 0 Å². The third-order valence-electron chi connectivity index (χ3n) is 5.33. The van der Waals surface area contributed by atoms with E-state index in [9.17, 15) is 4.79 Å². The summed E-state index contributed by atoms with van der Waals surface area (Å²) in [5.74, 6) is 2.12. The van der Waals surface area contributed by atoms with E-state index >= 15 is 0 Å². The highest BCUT2D eigenvalue weighted by Crippen LogP contribution is 2.44. The Morgan fingerprint density at radius 3 is 2.17 bits per heavy atom. The van der Waals surface area contributed by atoms with E-state index in [1.165, 1.54) is 0 Å². The van der Waals surface area contributed by atoms with Crippen LogP contribution in [0, 0.1) is 5.41 Å². The second-order valence-electron chi connectivity index (χ2n) is 8.38. The average Bonchev–Trinajstić information content (AvgIpc) is 3.10. The van der Waals surface area contributed by atoms with Crippen molar-refractivity contribution in [3.05, 3.63) is 59.9 Å². The topological polar surface area (TPSA) is 83.9 Å². The second-order valence-corrected chi connectivity index (χ2v) is 8.38. The van der Waals surface area contributed by atoms with Gasteiger partial charge in [0.2, 0.25) is 0 Å². The van der Waals surface area contributed by atoms with E-state index in [2.05, 4.69) is 0 Å². The maximum atomic E-state index is 11.5. The highest BCUT2D eigenvalue weighted by molar-refractivity contribution is 5.79. The molecule has 2 aromatic carbocycles. The number of nitrogens with two attached hydrogens (primary N) is 1. The Morgan fingerprint density at radius 2 is 1.60 bits per heavy atom. The summed E-state index contributed by atoms with van der Waals surface area (Å²) in [6.07, 6.45) is -0.836. The van der Waals surface area contributed by atoms with Crippen molar-refractivity contribution in [2.75, 3.05) is 6.61 Å². The van der Waals surface area contributed by atoms with Crippen molar-refractivity contribution in [2.24, 2.45) is 11.1 Å². The standard InChI is InChI=1S/C24H29NO5/c1-6-27-18-9-11-19(12-10-18)28-15-16-7-8-17-14-21(29-20(17)13-16)24(5,23(2,3)4)30-22(25)26/h7-14H,6,15H2,1-5H3,(H2,25,26). The first-order valence-corrected chi connectivity index (χ1v) is 9.99. The fourth-order valence-electron chi connectivity index (χ4n) is 3.14. The van der Waals surface area contributed by atoms with Gasteiger partial charge in [0.1, 0.15) is 29.4 Å². The fraction of sp³-hybridized carbons (Fsp3) is 0.375. The van der Waals surface area contributed by atoms with Crippen LogP contribution in [-0.4, -0.2) is 12.7 Å². The first-order valence-electron chi connectivity index (χ1n) is 9.99. The molecule has 6 heteroatoms. The molecule has 1 amide bonds. The SMILES string of the molecule is CCOc1ccc(OCc2ccc3cc(C(C)(OC(N)=O)C(C)(C)C)oc3c2)cc1. The highest BCUT2D eigenvalue weighted by Gasteiger charge is 2.45. The zero-order chi connectivity index (χ0) is 21.9. The van der Waals surface area contributed by atoms with Crippen molar-refractivity contribution in [3.63, 3.8) is 0 Å². The van der Waals surface area contributed by atoms with E-state index in [1.54, 1.807) is 0 Å². The molecule has 0 radical (unpaired) electrons. The van der Waals surface area contributed by atoms with Crippen molar-refractivity contribution < 1.29 is 23.4 Å². The van der Waals surface area contributed by atoms with Crippen LogP contribution >= 0.6 is 0 Å². The number of carbonyl (C=O) groups excluding carboxylic acids is 1. The Bertz CT molecular complexity index is 1020. The molecular formula is C24H29NO5. The van der Waals surface area contributed by atoms with Crippen LogP contribution < -0.4 is 15.2 Å². The summed E-state index contributed by atoms with van der Waals surface area (Å²) >= 11 is 0. The van der Waals surface area contributed by atoms with Crippen molar-refractivity contribution in [2.45, 2.75) is 46.8 Å². The lowest BCUT2D eigenvalue weighted by atomic mass is 9.76. The van der Waals surface area contributed by atoms with Crippen LogP contribution in [0.4, 0.5) is 4.79 Å². The molecule has 0 bridgehead atoms. The smallest absolute Gasteiger partial charge is 0.405 e. The van der Waals surface area contributed by atoms with E-state index in [0.29, 0.717) is 24.6 Å². The molecule has 30 heavy (non-hydrogen) atoms. The van der Waals surface area contributed by atoms with E-state index in [0.717, 1.165) is 22.4 Å². The van der Waals surface area contributed by atoms with E-state index in [4.69, 9.17) is 24.4 Å². The number of carbonyl (C=O) groups is 1. The summed E-state index contributed by atoms with van der Waals surface area (Å²) in [5, 5.41) is 0.915. The Labute approximate surface area is 176 Å². The van der Waals surface area contributed by atoms with Crippen LogP contribution in [0.1, 0.15) is 45.9 Å². The fourth-order valence-corrected chi connectivity index (χ4v) is 3.14. The molecule has 0 spiro atoms. The van der Waals surface area contributed by atoms with Crippen LogP contribution in [0.3, 0.4) is 0 Å². The first kappa shape index (κ1) is 21.6. The molecule has 1 aromatic heterocycles. The Kier molecular flexibility index (Phi) is 5.97. The number of fused-ring (bicyclic) bond motifs is 1. The summed E-state index contributed by atoms with van der Waals surface area (Å²) in [5.41, 5.74) is 5.56. The summed E-state index contributed by atoms with van der Waals surface area (Å²) in [6.45, 7) is 10.7. The molecule has 0 aliphatic rings. The Balaban J connectivity index is 1.80. The number of ether oxygens (including phenoxy) is 3. The number of rotatable bonds is 7. The van der Waals surface area contributed by atoms with Gasteiger partial charge in [-0.05, 0) is 55.8 Å². The molecule has 0 aliphatic heterocycles. The third-order valence-corrected chi connectivity index (χ3v) is 5.33. The van der Waals surface area contributed by atoms with Crippen LogP contribution in [-0.2, 0) is 16.9 Å². The lowest BCUT2D eigenvalue weighted by Gasteiger charge is -2.38. The van der Waals surface area contributed by atoms with Crippen molar-refractivity contribution in [3.8, 4) is 11.5 Å². The van der Waals surface area contributed by atoms with Crippen LogP contribution in [0.25, 0.3) is 11.0 Å². The molecule has 1 unspecified atom stereocenters. The highest BCUT2D eigenvalue weighted by atomic mass is 16.6. The van der Waals surface area contributed by atoms with Gasteiger partial charge in [0.05, 0.1) is 6.61 Å². The average molecular weight is 411 g/mol. The van der Waals surface area contributed by atoms with Gasteiger partial charge >= 0.3 is 6.09 Å². The molecule has 3 aromatic rings. The van der Waals surface area contributed by atoms with Gasteiger partial charge in [-0.15, -0.1) is 0 Å². The first-order chi connectivity index (χ1) is 14.1. The van der Waals surface area contributed by atoms with Crippen LogP contribution in [0.2, 0.25) is 0 Å². The number of amides is 1. The normalized spacial score (nSPS) is 13.6. The largest absolute Gasteiger partial charge is 0.494 e. The predicted octanol–water partition coefficient (Wildman–Crippen LogP) is 5.77. The van der Waals surface area contributed by atoms with Gasteiger partial charge in [-0.1, -0.05) is 32.9 Å². The molecule has 0 saturated carbocycles. The number of benzene rings is 2. The van der Waals surface area contributed by atoms with Gasteiger partial charge in [-0.25, -0.2) is 4.79 Å². The van der Waals surface area contributed by atoms with Crippen molar-refractivity contribution >= 4 is 17.1 Å². The molecule has 6 nitrogen and oxygen atoms in total. The zero-order valence-corrected chi connectivity index (χ0v) is 18.2. The summed E-state index contributed by atoms with van der Waals surface area (Å²) in [4.78, 5) is 11.5. The summed E-state index contributed by atoms with van der Waals surface area (Å²) < 4.78 is 22.9. The van der Waals surface area contributed by atoms with Gasteiger partial charge in [-0.2, -0.15) is 0 Å². The Morgan fingerprint density at radius 1 is 0.967 bits per heavy atom. The minimum absolute atomic E-state index is 0.397. The minimum atomic E-state index is -1.00. The molecule has 0 saturated heterocycles. The van der Waals surface area contributed by atoms with Gasteiger partial charge in [0.25, 0.3) is 0 Å². The quantitative estimate of drug-likeness (QED) is 0.534. The van der Waals surface area contributed by atoms with Crippen LogP contribution in [0.5, 0.6) is 11.5 Å². The summed E-state index contributed by atoms with van der Waals surface area (Å²) in [7, 11) is 0. The van der Waals surface area contributed by atoms with Gasteiger partial charge in [0, 0.05) is 10.8 Å². The molecule has 3 rings (SSSR count). The molecule has 2 N–H and O–H groups in total. The molecule has 1 heterocycles. The number of primary amides is 1. The third kappa shape index (κ3) is 4.53. The monoisotopic (exact) mass is 411 g/mol. The molecular weight excluding hydrogens is 382 g/mol. The predicted molar refractivity (Wildman–Crippen MR) is 116 cm³/mol. The molecule has 1 atom stereocenters. The Hall–Kier alpha value is -3.15. The molecule has 0 fully saturated rings. The zero-order valence-electron chi connectivity index (χ0n) is 18.2. The van der Waals surface area contributed by atoms with Crippen molar-refractivity contribution in [1.82, 2.24) is 0 Å². The van der Waals surface area contributed by atoms with Gasteiger partial charge in [-0.3, -0.25) is 0 Å². The lowest BCUT2D eigenvalue weighted by molar-refractivity contribution is -0.0697. The maximum Gasteiger partial charge on any atom is 0.405 e. The van der Waals surface area contributed by atoms with Gasteiger partial charge < -0.3 is 24.4 Å².